The lowest BCUT2D eigenvalue weighted by atomic mass is 10.1. The number of hydrogen-bond acceptors (Lipinski definition) is 3. The second kappa shape index (κ2) is 8.06. The Labute approximate surface area is 146 Å². The molecule has 0 saturated heterocycles. The topological polar surface area (TPSA) is 63.3 Å². The number of H-pyrrole nitrogens is 1. The van der Waals surface area contributed by atoms with Crippen LogP contribution in [-0.4, -0.2) is 24.7 Å². The maximum absolute atomic E-state index is 11.7. The number of aromatic nitrogens is 1. The van der Waals surface area contributed by atoms with Crippen LogP contribution in [-0.2, 0) is 11.3 Å². The molecule has 5 nitrogen and oxygen atoms in total. The summed E-state index contributed by atoms with van der Waals surface area (Å²) in [6, 6.07) is 15.4. The molecule has 1 aromatic heterocycles. The SMILES string of the molecule is COc1ccc2[nH]cc(C=CCNC(=O)OCc3ccccc3)c2c1. The van der Waals surface area contributed by atoms with Gasteiger partial charge in [-0.15, -0.1) is 0 Å². The smallest absolute Gasteiger partial charge is 0.407 e. The number of rotatable bonds is 6. The summed E-state index contributed by atoms with van der Waals surface area (Å²) in [4.78, 5) is 14.9. The Morgan fingerprint density at radius 1 is 1.20 bits per heavy atom. The maximum Gasteiger partial charge on any atom is 0.407 e. The van der Waals surface area contributed by atoms with Gasteiger partial charge in [0.05, 0.1) is 7.11 Å². The van der Waals surface area contributed by atoms with Crippen molar-refractivity contribution in [1.29, 1.82) is 0 Å². The number of methoxy groups -OCH3 is 1. The number of alkyl carbamates (subject to hydrolysis) is 1. The minimum absolute atomic E-state index is 0.263. The van der Waals surface area contributed by atoms with Gasteiger partial charge in [0.1, 0.15) is 12.4 Å². The standard InChI is InChI=1S/C20H20N2O3/c1-24-17-9-10-19-18(12-17)16(13-22-19)8-5-11-21-20(23)25-14-15-6-3-2-4-7-15/h2-10,12-13,22H,11,14H2,1H3,(H,21,23). The van der Waals surface area contributed by atoms with Gasteiger partial charge in [-0.1, -0.05) is 42.5 Å². The van der Waals surface area contributed by atoms with Gasteiger partial charge in [0.25, 0.3) is 0 Å². The molecule has 0 unspecified atom stereocenters. The first kappa shape index (κ1) is 16.6. The lowest BCUT2D eigenvalue weighted by Gasteiger charge is -2.05. The Kier molecular flexibility index (Phi) is 5.36. The van der Waals surface area contributed by atoms with Crippen LogP contribution in [0.4, 0.5) is 4.79 Å². The van der Waals surface area contributed by atoms with Gasteiger partial charge < -0.3 is 19.8 Å². The fourth-order valence-electron chi connectivity index (χ4n) is 2.49. The zero-order chi connectivity index (χ0) is 17.5. The molecule has 2 N–H and O–H groups in total. The van der Waals surface area contributed by atoms with E-state index in [1.807, 2.05) is 66.9 Å². The van der Waals surface area contributed by atoms with E-state index in [0.717, 1.165) is 27.8 Å². The highest BCUT2D eigenvalue weighted by molar-refractivity contribution is 5.90. The molecule has 0 radical (unpaired) electrons. The van der Waals surface area contributed by atoms with E-state index >= 15 is 0 Å². The van der Waals surface area contributed by atoms with E-state index < -0.39 is 6.09 Å². The molecule has 128 valence electrons. The van der Waals surface area contributed by atoms with Gasteiger partial charge in [-0.3, -0.25) is 0 Å². The van der Waals surface area contributed by atoms with Crippen molar-refractivity contribution >= 4 is 23.1 Å². The highest BCUT2D eigenvalue weighted by Gasteiger charge is 2.03. The minimum Gasteiger partial charge on any atom is -0.497 e. The molecule has 5 heteroatoms. The van der Waals surface area contributed by atoms with Crippen LogP contribution in [0.1, 0.15) is 11.1 Å². The second-order valence-corrected chi connectivity index (χ2v) is 5.50. The van der Waals surface area contributed by atoms with Crippen LogP contribution in [0.15, 0.2) is 60.8 Å². The Morgan fingerprint density at radius 2 is 2.04 bits per heavy atom. The summed E-state index contributed by atoms with van der Waals surface area (Å²) in [7, 11) is 1.65. The molecule has 2 aromatic carbocycles. The number of carbonyl (C=O) groups excluding carboxylic acids is 1. The third-order valence-electron chi connectivity index (χ3n) is 3.80. The predicted molar refractivity (Wildman–Crippen MR) is 98.5 cm³/mol. The summed E-state index contributed by atoms with van der Waals surface area (Å²) < 4.78 is 10.4. The summed E-state index contributed by atoms with van der Waals surface area (Å²) in [5.41, 5.74) is 3.03. The number of hydrogen-bond donors (Lipinski definition) is 2. The molecular formula is C20H20N2O3. The van der Waals surface area contributed by atoms with Crippen molar-refractivity contribution in [3.63, 3.8) is 0 Å². The van der Waals surface area contributed by atoms with Crippen LogP contribution in [0.2, 0.25) is 0 Å². The van der Waals surface area contributed by atoms with Gasteiger partial charge in [0.15, 0.2) is 0 Å². The molecule has 0 aliphatic carbocycles. The van der Waals surface area contributed by atoms with E-state index in [4.69, 9.17) is 9.47 Å². The van der Waals surface area contributed by atoms with Gasteiger partial charge in [-0.2, -0.15) is 0 Å². The normalized spacial score (nSPS) is 10.9. The van der Waals surface area contributed by atoms with Crippen LogP contribution in [0, 0.1) is 0 Å². The van der Waals surface area contributed by atoms with Crippen LogP contribution in [0.25, 0.3) is 17.0 Å². The first-order chi connectivity index (χ1) is 12.3. The number of fused-ring (bicyclic) bond motifs is 1. The Hall–Kier alpha value is -3.21. The molecule has 0 spiro atoms. The van der Waals surface area contributed by atoms with Crippen LogP contribution >= 0.6 is 0 Å². The van der Waals surface area contributed by atoms with Crippen molar-refractivity contribution < 1.29 is 14.3 Å². The molecule has 0 bridgehead atoms. The molecular weight excluding hydrogens is 316 g/mol. The van der Waals surface area contributed by atoms with Gasteiger partial charge in [0.2, 0.25) is 0 Å². The van der Waals surface area contributed by atoms with E-state index in [2.05, 4.69) is 10.3 Å². The highest BCUT2D eigenvalue weighted by Crippen LogP contribution is 2.24. The zero-order valence-electron chi connectivity index (χ0n) is 14.0. The van der Waals surface area contributed by atoms with E-state index in [9.17, 15) is 4.79 Å². The van der Waals surface area contributed by atoms with Crippen molar-refractivity contribution in [2.24, 2.45) is 0 Å². The molecule has 0 fully saturated rings. The fraction of sp³-hybridized carbons (Fsp3) is 0.150. The molecule has 0 saturated carbocycles. The van der Waals surface area contributed by atoms with Gasteiger partial charge in [-0.25, -0.2) is 4.79 Å². The highest BCUT2D eigenvalue weighted by atomic mass is 16.5. The van der Waals surface area contributed by atoms with Crippen molar-refractivity contribution in [2.45, 2.75) is 6.61 Å². The lowest BCUT2D eigenvalue weighted by Crippen LogP contribution is -2.24. The average Bonchev–Trinajstić information content (AvgIpc) is 3.06. The summed E-state index contributed by atoms with van der Waals surface area (Å²) in [5, 5.41) is 3.77. The number of aromatic amines is 1. The molecule has 3 rings (SSSR count). The Balaban J connectivity index is 1.51. The summed E-state index contributed by atoms with van der Waals surface area (Å²) in [6.45, 7) is 0.656. The van der Waals surface area contributed by atoms with E-state index in [0.29, 0.717) is 6.54 Å². The van der Waals surface area contributed by atoms with Crippen LogP contribution in [0.3, 0.4) is 0 Å². The predicted octanol–water partition coefficient (Wildman–Crippen LogP) is 4.12. The van der Waals surface area contributed by atoms with Gasteiger partial charge in [-0.05, 0) is 29.3 Å². The summed E-state index contributed by atoms with van der Waals surface area (Å²) in [6.07, 6.45) is 5.32. The van der Waals surface area contributed by atoms with Gasteiger partial charge >= 0.3 is 6.09 Å². The zero-order valence-corrected chi connectivity index (χ0v) is 14.0. The lowest BCUT2D eigenvalue weighted by molar-refractivity contribution is 0.141. The number of carbonyl (C=O) groups is 1. The Morgan fingerprint density at radius 3 is 2.84 bits per heavy atom. The first-order valence-electron chi connectivity index (χ1n) is 8.02. The maximum atomic E-state index is 11.7. The third kappa shape index (κ3) is 4.41. The number of ether oxygens (including phenoxy) is 2. The van der Waals surface area contributed by atoms with Crippen LogP contribution in [0.5, 0.6) is 5.75 Å². The molecule has 3 aromatic rings. The monoisotopic (exact) mass is 336 g/mol. The summed E-state index contributed by atoms with van der Waals surface area (Å²) in [5.74, 6) is 0.810. The largest absolute Gasteiger partial charge is 0.497 e. The molecule has 1 amide bonds. The number of nitrogens with one attached hydrogen (secondary N) is 2. The van der Waals surface area contributed by atoms with Crippen molar-refractivity contribution in [3.05, 3.63) is 71.9 Å². The molecule has 25 heavy (non-hydrogen) atoms. The summed E-state index contributed by atoms with van der Waals surface area (Å²) >= 11 is 0. The van der Waals surface area contributed by atoms with E-state index in [1.54, 1.807) is 7.11 Å². The van der Waals surface area contributed by atoms with E-state index in [-0.39, 0.29) is 6.61 Å². The molecule has 1 heterocycles. The first-order valence-corrected chi connectivity index (χ1v) is 8.02. The average molecular weight is 336 g/mol. The quantitative estimate of drug-likeness (QED) is 0.712. The minimum atomic E-state index is -0.436. The molecule has 0 atom stereocenters. The third-order valence-corrected chi connectivity index (χ3v) is 3.80. The molecule has 0 aliphatic rings. The number of benzene rings is 2. The Bertz CT molecular complexity index is 869. The van der Waals surface area contributed by atoms with E-state index in [1.165, 1.54) is 0 Å². The van der Waals surface area contributed by atoms with Gasteiger partial charge in [0, 0.05) is 23.6 Å². The number of amides is 1. The van der Waals surface area contributed by atoms with Crippen LogP contribution < -0.4 is 10.1 Å². The van der Waals surface area contributed by atoms with Crippen molar-refractivity contribution in [3.8, 4) is 5.75 Å². The van der Waals surface area contributed by atoms with Crippen molar-refractivity contribution in [1.82, 2.24) is 10.3 Å². The fourth-order valence-corrected chi connectivity index (χ4v) is 2.49. The molecule has 0 aliphatic heterocycles. The van der Waals surface area contributed by atoms with Crippen molar-refractivity contribution in [2.75, 3.05) is 13.7 Å². The second-order valence-electron chi connectivity index (χ2n) is 5.50.